The lowest BCUT2D eigenvalue weighted by Crippen LogP contribution is -2.37. The van der Waals surface area contributed by atoms with Crippen molar-refractivity contribution in [1.82, 2.24) is 15.2 Å². The van der Waals surface area contributed by atoms with E-state index < -0.39 is 0 Å². The first-order valence-corrected chi connectivity index (χ1v) is 9.66. The molecule has 28 heavy (non-hydrogen) atoms. The van der Waals surface area contributed by atoms with Gasteiger partial charge < -0.3 is 4.90 Å². The van der Waals surface area contributed by atoms with Gasteiger partial charge in [0.05, 0.1) is 0 Å². The van der Waals surface area contributed by atoms with Crippen molar-refractivity contribution in [2.45, 2.75) is 25.7 Å². The maximum absolute atomic E-state index is 13.0. The minimum absolute atomic E-state index is 0.235. The molecule has 5 nitrogen and oxygen atoms in total. The molecule has 0 radical (unpaired) electrons. The van der Waals surface area contributed by atoms with Crippen molar-refractivity contribution in [3.05, 3.63) is 87.6 Å². The first-order valence-electron chi connectivity index (χ1n) is 9.66. The van der Waals surface area contributed by atoms with Crippen molar-refractivity contribution in [2.75, 3.05) is 18.0 Å². The quantitative estimate of drug-likeness (QED) is 0.740. The van der Waals surface area contributed by atoms with Crippen molar-refractivity contribution in [3.63, 3.8) is 0 Å². The second kappa shape index (κ2) is 8.33. The summed E-state index contributed by atoms with van der Waals surface area (Å²) in [5.41, 5.74) is 2.31. The Morgan fingerprint density at radius 1 is 0.964 bits per heavy atom. The number of benzene rings is 2. The van der Waals surface area contributed by atoms with Crippen molar-refractivity contribution in [3.8, 4) is 0 Å². The molecule has 1 fully saturated rings. The predicted octanol–water partition coefficient (Wildman–Crippen LogP) is 3.35. The molecule has 0 amide bonds. The summed E-state index contributed by atoms with van der Waals surface area (Å²) in [6.45, 7) is 1.72. The maximum Gasteiger partial charge on any atom is 0.274 e. The molecule has 4 rings (SSSR count). The summed E-state index contributed by atoms with van der Waals surface area (Å²) in [4.78, 5) is 17.4. The Morgan fingerprint density at radius 3 is 2.36 bits per heavy atom. The molecule has 1 aromatic heterocycles. The third kappa shape index (κ3) is 4.44. The van der Waals surface area contributed by atoms with Gasteiger partial charge in [-0.15, -0.1) is 10.2 Å². The van der Waals surface area contributed by atoms with Gasteiger partial charge in [0.2, 0.25) is 5.95 Å². The summed E-state index contributed by atoms with van der Waals surface area (Å²) in [5, 5.41) is 8.36. The van der Waals surface area contributed by atoms with E-state index in [0.717, 1.165) is 37.9 Å². The molecule has 6 heteroatoms. The zero-order valence-electron chi connectivity index (χ0n) is 15.6. The molecule has 144 valence electrons. The molecular formula is C22H23FN4O. The van der Waals surface area contributed by atoms with Crippen LogP contribution < -0.4 is 10.5 Å². The average molecular weight is 378 g/mol. The van der Waals surface area contributed by atoms with Gasteiger partial charge in [0.15, 0.2) is 0 Å². The van der Waals surface area contributed by atoms with E-state index in [1.807, 2.05) is 6.07 Å². The molecule has 0 unspecified atom stereocenters. The van der Waals surface area contributed by atoms with E-state index in [1.165, 1.54) is 17.7 Å². The number of nitrogens with zero attached hydrogens (tertiary/aromatic N) is 3. The molecule has 0 saturated carbocycles. The van der Waals surface area contributed by atoms with Crippen LogP contribution in [0.4, 0.5) is 10.3 Å². The number of piperidine rings is 1. The Hall–Kier alpha value is -3.02. The van der Waals surface area contributed by atoms with Gasteiger partial charge in [0.25, 0.3) is 5.56 Å². The first kappa shape index (κ1) is 18.3. The summed E-state index contributed by atoms with van der Waals surface area (Å²) in [6, 6.07) is 16.6. The van der Waals surface area contributed by atoms with Crippen LogP contribution in [0.3, 0.4) is 0 Å². The van der Waals surface area contributed by atoms with Gasteiger partial charge in [-0.1, -0.05) is 42.5 Å². The van der Waals surface area contributed by atoms with Crippen LogP contribution in [0.1, 0.15) is 29.7 Å². The summed E-state index contributed by atoms with van der Waals surface area (Å²) >= 11 is 0. The van der Waals surface area contributed by atoms with Crippen molar-refractivity contribution in [2.24, 2.45) is 5.92 Å². The fourth-order valence-electron chi connectivity index (χ4n) is 3.70. The van der Waals surface area contributed by atoms with E-state index in [2.05, 4.69) is 44.3 Å². The lowest BCUT2D eigenvalue weighted by Gasteiger charge is -2.32. The summed E-state index contributed by atoms with van der Waals surface area (Å²) in [6.07, 6.45) is 3.56. The van der Waals surface area contributed by atoms with Gasteiger partial charge in [-0.3, -0.25) is 9.78 Å². The van der Waals surface area contributed by atoms with Gasteiger partial charge in [0.1, 0.15) is 11.5 Å². The molecule has 1 N–H and O–H groups in total. The van der Waals surface area contributed by atoms with E-state index in [9.17, 15) is 9.18 Å². The molecular weight excluding hydrogens is 355 g/mol. The molecule has 0 spiro atoms. The Balaban J connectivity index is 1.37. The number of H-pyrrole nitrogens is 1. The largest absolute Gasteiger partial charge is 0.341 e. The lowest BCUT2D eigenvalue weighted by molar-refractivity contribution is 0.399. The van der Waals surface area contributed by atoms with E-state index >= 15 is 0 Å². The fraction of sp³-hybridized carbons (Fsp3) is 0.318. The van der Waals surface area contributed by atoms with Crippen LogP contribution in [0.5, 0.6) is 0 Å². The van der Waals surface area contributed by atoms with Gasteiger partial charge in [-0.2, -0.15) is 0 Å². The van der Waals surface area contributed by atoms with Crippen LogP contribution in [0.2, 0.25) is 0 Å². The third-order valence-electron chi connectivity index (χ3n) is 5.32. The number of hydrogen-bond donors (Lipinski definition) is 1. The minimum atomic E-state index is -0.297. The van der Waals surface area contributed by atoms with Crippen LogP contribution in [0.15, 0.2) is 59.4 Å². The van der Waals surface area contributed by atoms with E-state index in [0.29, 0.717) is 24.0 Å². The summed E-state index contributed by atoms with van der Waals surface area (Å²) in [7, 11) is 0. The van der Waals surface area contributed by atoms with Crippen molar-refractivity contribution >= 4 is 5.95 Å². The molecule has 1 saturated heterocycles. The predicted molar refractivity (Wildman–Crippen MR) is 107 cm³/mol. The summed E-state index contributed by atoms with van der Waals surface area (Å²) in [5.74, 6) is 0.886. The second-order valence-corrected chi connectivity index (χ2v) is 7.35. The number of anilines is 1. The monoisotopic (exact) mass is 378 g/mol. The smallest absolute Gasteiger partial charge is 0.274 e. The Bertz CT molecular complexity index is 964. The molecule has 2 aromatic carbocycles. The normalized spacial score (nSPS) is 15.0. The zero-order chi connectivity index (χ0) is 19.3. The highest BCUT2D eigenvalue weighted by Gasteiger charge is 2.21. The number of nitrogens with one attached hydrogen (secondary N) is 1. The maximum atomic E-state index is 13.0. The minimum Gasteiger partial charge on any atom is -0.341 e. The molecule has 1 aliphatic heterocycles. The van der Waals surface area contributed by atoms with E-state index in [4.69, 9.17) is 0 Å². The van der Waals surface area contributed by atoms with E-state index in [1.54, 1.807) is 12.1 Å². The van der Waals surface area contributed by atoms with Gasteiger partial charge in [-0.05, 0) is 48.4 Å². The van der Waals surface area contributed by atoms with Gasteiger partial charge >= 0.3 is 0 Å². The van der Waals surface area contributed by atoms with Crippen molar-refractivity contribution in [1.29, 1.82) is 0 Å². The first-order chi connectivity index (χ1) is 13.7. The third-order valence-corrected chi connectivity index (χ3v) is 5.32. The van der Waals surface area contributed by atoms with Crippen LogP contribution in [-0.2, 0) is 12.8 Å². The highest BCUT2D eigenvalue weighted by Crippen LogP contribution is 2.23. The lowest BCUT2D eigenvalue weighted by atomic mass is 9.90. The highest BCUT2D eigenvalue weighted by atomic mass is 19.1. The number of hydrogen-bond acceptors (Lipinski definition) is 4. The summed E-state index contributed by atoms with van der Waals surface area (Å²) < 4.78 is 13.0. The molecule has 2 heterocycles. The molecule has 0 aliphatic carbocycles. The number of rotatable bonds is 5. The Labute approximate surface area is 163 Å². The number of halogens is 1. The van der Waals surface area contributed by atoms with Crippen LogP contribution in [0.25, 0.3) is 0 Å². The van der Waals surface area contributed by atoms with Crippen LogP contribution in [-0.4, -0.2) is 28.3 Å². The SMILES string of the molecule is O=c1[nH]c(N2CCC(Cc3ccccc3)CC2)nnc1Cc1ccc(F)cc1. The fourth-order valence-corrected chi connectivity index (χ4v) is 3.70. The molecule has 0 atom stereocenters. The molecule has 0 bridgehead atoms. The standard InChI is InChI=1S/C22H23FN4O/c23-19-8-6-17(7-9-19)15-20-21(28)24-22(26-25-20)27-12-10-18(11-13-27)14-16-4-2-1-3-5-16/h1-9,18H,10-15H2,(H,24,26,28). The Morgan fingerprint density at radius 2 is 1.68 bits per heavy atom. The molecule has 3 aromatic rings. The van der Waals surface area contributed by atoms with Crippen LogP contribution in [0, 0.1) is 11.7 Å². The Kier molecular flexibility index (Phi) is 5.46. The number of aromatic nitrogens is 3. The number of aromatic amines is 1. The topological polar surface area (TPSA) is 61.9 Å². The zero-order valence-corrected chi connectivity index (χ0v) is 15.6. The van der Waals surface area contributed by atoms with Crippen LogP contribution >= 0.6 is 0 Å². The highest BCUT2D eigenvalue weighted by molar-refractivity contribution is 5.30. The van der Waals surface area contributed by atoms with Gasteiger partial charge in [0, 0.05) is 19.5 Å². The van der Waals surface area contributed by atoms with Gasteiger partial charge in [-0.25, -0.2) is 4.39 Å². The average Bonchev–Trinajstić information content (AvgIpc) is 2.72. The molecule has 1 aliphatic rings. The second-order valence-electron chi connectivity index (χ2n) is 7.35. The van der Waals surface area contributed by atoms with Crippen molar-refractivity contribution < 1.29 is 4.39 Å². The van der Waals surface area contributed by atoms with E-state index in [-0.39, 0.29) is 11.4 Å².